The van der Waals surface area contributed by atoms with Crippen molar-refractivity contribution in [2.24, 2.45) is 5.92 Å². The molecule has 1 saturated heterocycles. The van der Waals surface area contributed by atoms with Gasteiger partial charge in [-0.25, -0.2) is 0 Å². The highest BCUT2D eigenvalue weighted by atomic mass is 16.5. The molecule has 8 nitrogen and oxygen atoms in total. The molecule has 2 heterocycles. The molecule has 0 atom stereocenters. The zero-order valence-corrected chi connectivity index (χ0v) is 21.6. The number of amides is 3. The van der Waals surface area contributed by atoms with E-state index in [1.165, 1.54) is 4.90 Å². The number of methoxy groups -OCH3 is 2. The van der Waals surface area contributed by atoms with Crippen LogP contribution in [-0.4, -0.2) is 74.5 Å². The van der Waals surface area contributed by atoms with E-state index in [1.54, 1.807) is 20.3 Å². The summed E-state index contributed by atoms with van der Waals surface area (Å²) in [6.07, 6.45) is 2.20. The van der Waals surface area contributed by atoms with Crippen LogP contribution < -0.4 is 14.4 Å². The summed E-state index contributed by atoms with van der Waals surface area (Å²) in [5.41, 5.74) is 2.63. The Morgan fingerprint density at radius 1 is 0.917 bits per heavy atom. The minimum Gasteiger partial charge on any atom is -0.493 e. The van der Waals surface area contributed by atoms with Gasteiger partial charge in [-0.3, -0.25) is 19.3 Å². The molecule has 0 saturated carbocycles. The maximum atomic E-state index is 13.4. The van der Waals surface area contributed by atoms with Crippen molar-refractivity contribution in [1.29, 1.82) is 0 Å². The van der Waals surface area contributed by atoms with Gasteiger partial charge in [-0.15, -0.1) is 0 Å². The van der Waals surface area contributed by atoms with Gasteiger partial charge in [0.15, 0.2) is 11.5 Å². The van der Waals surface area contributed by atoms with E-state index < -0.39 is 0 Å². The van der Waals surface area contributed by atoms with E-state index in [0.717, 1.165) is 24.1 Å². The quantitative estimate of drug-likeness (QED) is 0.497. The third-order valence-corrected chi connectivity index (χ3v) is 7.32. The van der Waals surface area contributed by atoms with Gasteiger partial charge < -0.3 is 19.3 Å². The maximum Gasteiger partial charge on any atom is 0.263 e. The standard InChI is InChI=1S/C28H35N3O5/c1-5-20(6-2)26(32)30-16-14-29(15-17-30)22-9-7-8-21-25(22)28(34)31(27(21)33)13-12-19-10-11-23(35-3)24(18-19)36-4/h7-11,18,20H,5-6,12-17H2,1-4H3. The number of hydrogen-bond acceptors (Lipinski definition) is 6. The second-order valence-corrected chi connectivity index (χ2v) is 9.23. The Labute approximate surface area is 212 Å². The molecular weight excluding hydrogens is 458 g/mol. The second-order valence-electron chi connectivity index (χ2n) is 9.23. The van der Waals surface area contributed by atoms with Gasteiger partial charge in [0.25, 0.3) is 11.8 Å². The molecule has 0 aromatic heterocycles. The number of rotatable bonds is 9. The molecule has 2 aliphatic heterocycles. The molecule has 0 radical (unpaired) electrons. The van der Waals surface area contributed by atoms with Crippen molar-refractivity contribution in [1.82, 2.24) is 9.80 Å². The van der Waals surface area contributed by atoms with Crippen LogP contribution in [0.15, 0.2) is 36.4 Å². The van der Waals surface area contributed by atoms with Crippen LogP contribution in [0.25, 0.3) is 0 Å². The highest BCUT2D eigenvalue weighted by Crippen LogP contribution is 2.33. The van der Waals surface area contributed by atoms with Crippen LogP contribution in [0.3, 0.4) is 0 Å². The first kappa shape index (κ1) is 25.5. The summed E-state index contributed by atoms with van der Waals surface area (Å²) < 4.78 is 10.7. The number of nitrogens with zero attached hydrogens (tertiary/aromatic N) is 3. The molecule has 0 unspecified atom stereocenters. The molecule has 3 amide bonds. The van der Waals surface area contributed by atoms with Crippen LogP contribution in [0.1, 0.15) is 53.0 Å². The smallest absolute Gasteiger partial charge is 0.263 e. The zero-order valence-electron chi connectivity index (χ0n) is 21.6. The molecule has 2 aromatic rings. The van der Waals surface area contributed by atoms with Crippen molar-refractivity contribution < 1.29 is 23.9 Å². The zero-order chi connectivity index (χ0) is 25.8. The first-order chi connectivity index (χ1) is 17.4. The van der Waals surface area contributed by atoms with Crippen LogP contribution in [0.4, 0.5) is 5.69 Å². The third kappa shape index (κ3) is 4.76. The molecule has 0 aliphatic carbocycles. The largest absolute Gasteiger partial charge is 0.493 e. The lowest BCUT2D eigenvalue weighted by Crippen LogP contribution is -2.50. The Kier molecular flexibility index (Phi) is 7.82. The van der Waals surface area contributed by atoms with Crippen molar-refractivity contribution >= 4 is 23.4 Å². The molecule has 0 N–H and O–H groups in total. The molecule has 8 heteroatoms. The van der Waals surface area contributed by atoms with Crippen LogP contribution in [-0.2, 0) is 11.2 Å². The Balaban J connectivity index is 1.46. The normalized spacial score (nSPS) is 15.5. The summed E-state index contributed by atoms with van der Waals surface area (Å²) in [7, 11) is 3.16. The minimum absolute atomic E-state index is 0.0657. The van der Waals surface area contributed by atoms with E-state index in [4.69, 9.17) is 9.47 Å². The number of hydrogen-bond donors (Lipinski definition) is 0. The van der Waals surface area contributed by atoms with Crippen molar-refractivity contribution in [3.05, 3.63) is 53.1 Å². The lowest BCUT2D eigenvalue weighted by atomic mass is 10.0. The Bertz CT molecular complexity index is 1140. The number of ether oxygens (including phenoxy) is 2. The minimum atomic E-state index is -0.264. The van der Waals surface area contributed by atoms with E-state index in [9.17, 15) is 14.4 Å². The second kappa shape index (κ2) is 11.0. The molecular formula is C28H35N3O5. The van der Waals surface area contributed by atoms with Crippen molar-refractivity contribution in [3.63, 3.8) is 0 Å². The highest BCUT2D eigenvalue weighted by molar-refractivity contribution is 6.23. The van der Waals surface area contributed by atoms with Crippen molar-refractivity contribution in [2.75, 3.05) is 51.8 Å². The molecule has 36 heavy (non-hydrogen) atoms. The predicted octanol–water partition coefficient (Wildman–Crippen LogP) is 3.63. The van der Waals surface area contributed by atoms with Crippen LogP contribution >= 0.6 is 0 Å². The van der Waals surface area contributed by atoms with Gasteiger partial charge in [0.2, 0.25) is 5.91 Å². The van der Waals surface area contributed by atoms with Gasteiger partial charge in [-0.05, 0) is 49.1 Å². The monoisotopic (exact) mass is 493 g/mol. The first-order valence-corrected chi connectivity index (χ1v) is 12.7. The van der Waals surface area contributed by atoms with Crippen molar-refractivity contribution in [3.8, 4) is 11.5 Å². The molecule has 0 spiro atoms. The summed E-state index contributed by atoms with van der Waals surface area (Å²) in [5.74, 6) is 0.998. The summed E-state index contributed by atoms with van der Waals surface area (Å²) in [6.45, 7) is 6.88. The average Bonchev–Trinajstić information content (AvgIpc) is 3.17. The fourth-order valence-electron chi connectivity index (χ4n) is 5.12. The number of benzene rings is 2. The van der Waals surface area contributed by atoms with E-state index in [1.807, 2.05) is 35.2 Å². The van der Waals surface area contributed by atoms with Crippen molar-refractivity contribution in [2.45, 2.75) is 33.1 Å². The summed E-state index contributed by atoms with van der Waals surface area (Å²) >= 11 is 0. The first-order valence-electron chi connectivity index (χ1n) is 12.7. The summed E-state index contributed by atoms with van der Waals surface area (Å²) in [4.78, 5) is 44.7. The van der Waals surface area contributed by atoms with Gasteiger partial charge in [-0.1, -0.05) is 26.0 Å². The molecule has 2 aliphatic rings. The van der Waals surface area contributed by atoms with Crippen LogP contribution in [0.2, 0.25) is 0 Å². The predicted molar refractivity (Wildman–Crippen MR) is 138 cm³/mol. The number of anilines is 1. The topological polar surface area (TPSA) is 79.4 Å². The van der Waals surface area contributed by atoms with Gasteiger partial charge >= 0.3 is 0 Å². The SMILES string of the molecule is CCC(CC)C(=O)N1CCN(c2cccc3c2C(=O)N(CCc2ccc(OC)c(OC)c2)C3=O)CC1. The number of fused-ring (bicyclic) bond motifs is 1. The van der Waals surface area contributed by atoms with E-state index in [0.29, 0.717) is 55.2 Å². The fraction of sp³-hybridized carbons (Fsp3) is 0.464. The Morgan fingerprint density at radius 2 is 1.61 bits per heavy atom. The number of imide groups is 1. The Morgan fingerprint density at radius 3 is 2.25 bits per heavy atom. The number of carbonyl (C=O) groups is 3. The van der Waals surface area contributed by atoms with Gasteiger partial charge in [-0.2, -0.15) is 0 Å². The molecule has 0 bridgehead atoms. The van der Waals surface area contributed by atoms with Gasteiger partial charge in [0.05, 0.1) is 31.0 Å². The van der Waals surface area contributed by atoms with Gasteiger partial charge in [0.1, 0.15) is 0 Å². The molecule has 192 valence electrons. The highest BCUT2D eigenvalue weighted by Gasteiger charge is 2.38. The van der Waals surface area contributed by atoms with E-state index in [2.05, 4.69) is 18.7 Å². The molecule has 1 fully saturated rings. The molecule has 2 aromatic carbocycles. The summed E-state index contributed by atoms with van der Waals surface area (Å²) in [5, 5.41) is 0. The lowest BCUT2D eigenvalue weighted by Gasteiger charge is -2.38. The summed E-state index contributed by atoms with van der Waals surface area (Å²) in [6, 6.07) is 11.1. The number of carbonyl (C=O) groups excluding carboxylic acids is 3. The van der Waals surface area contributed by atoms with Crippen LogP contribution in [0, 0.1) is 5.92 Å². The lowest BCUT2D eigenvalue weighted by molar-refractivity contribution is -0.136. The average molecular weight is 494 g/mol. The Hall–Kier alpha value is -3.55. The van der Waals surface area contributed by atoms with E-state index >= 15 is 0 Å². The van der Waals surface area contributed by atoms with Gasteiger partial charge in [0, 0.05) is 38.6 Å². The van der Waals surface area contributed by atoms with E-state index in [-0.39, 0.29) is 30.2 Å². The molecule has 4 rings (SSSR count). The fourth-order valence-corrected chi connectivity index (χ4v) is 5.12. The van der Waals surface area contributed by atoms with Crippen LogP contribution in [0.5, 0.6) is 11.5 Å². The third-order valence-electron chi connectivity index (χ3n) is 7.32. The maximum absolute atomic E-state index is 13.4. The number of piperazine rings is 1.